The number of hydrogen-bond donors (Lipinski definition) is 0. The maximum absolute atomic E-state index is 14.4. The first-order chi connectivity index (χ1) is 17.7. The number of methoxy groups -OCH3 is 2. The van der Waals surface area contributed by atoms with Crippen LogP contribution in [0.5, 0.6) is 0 Å². The molecule has 5 aliphatic rings. The van der Waals surface area contributed by atoms with Crippen LogP contribution in [-0.4, -0.2) is 73.3 Å². The number of ketones is 2. The van der Waals surface area contributed by atoms with Crippen molar-refractivity contribution >= 4 is 29.1 Å². The molecule has 8 nitrogen and oxygen atoms in total. The second-order valence-corrected chi connectivity index (χ2v) is 12.0. The van der Waals surface area contributed by atoms with Gasteiger partial charge in [0.25, 0.3) is 0 Å². The monoisotopic (exact) mass is 538 g/mol. The van der Waals surface area contributed by atoms with Gasteiger partial charge < -0.3 is 23.7 Å². The fourth-order valence-electron chi connectivity index (χ4n) is 7.64. The molecule has 3 aliphatic carbocycles. The van der Waals surface area contributed by atoms with Crippen LogP contribution in [0, 0.1) is 17.8 Å². The lowest BCUT2D eigenvalue weighted by Crippen LogP contribution is -2.52. The highest BCUT2D eigenvalue weighted by molar-refractivity contribution is 6.22. The Morgan fingerprint density at radius 2 is 1.81 bits per heavy atom. The summed E-state index contributed by atoms with van der Waals surface area (Å²) in [6.45, 7) is 3.48. The second-order valence-electron chi connectivity index (χ2n) is 11.5. The van der Waals surface area contributed by atoms with E-state index >= 15 is 0 Å². The number of halogens is 1. The summed E-state index contributed by atoms with van der Waals surface area (Å²) in [5.74, 6) is -0.863. The van der Waals surface area contributed by atoms with Crippen molar-refractivity contribution in [2.24, 2.45) is 17.8 Å². The first kappa shape index (κ1) is 27.1. The molecule has 0 aromatic carbocycles. The van der Waals surface area contributed by atoms with Gasteiger partial charge in [-0.25, -0.2) is 0 Å². The summed E-state index contributed by atoms with van der Waals surface area (Å²) >= 11 is 6.84. The molecule has 206 valence electrons. The maximum atomic E-state index is 14.4. The van der Waals surface area contributed by atoms with Crippen molar-refractivity contribution < 1.29 is 38.1 Å². The number of rotatable bonds is 6. The van der Waals surface area contributed by atoms with Crippen LogP contribution in [0.2, 0.25) is 0 Å². The molecule has 0 aromatic rings. The number of carbonyl (C=O) groups excluding carboxylic acids is 3. The van der Waals surface area contributed by atoms with E-state index < -0.39 is 40.6 Å². The molecular formula is C28H39ClO8. The zero-order valence-corrected chi connectivity index (χ0v) is 23.0. The highest BCUT2D eigenvalue weighted by Gasteiger charge is 2.70. The van der Waals surface area contributed by atoms with Gasteiger partial charge in [0.15, 0.2) is 17.2 Å². The van der Waals surface area contributed by atoms with Crippen LogP contribution in [0.4, 0.5) is 0 Å². The Morgan fingerprint density at radius 1 is 1.11 bits per heavy atom. The third-order valence-corrected chi connectivity index (χ3v) is 10.1. The fourth-order valence-corrected chi connectivity index (χ4v) is 8.05. The summed E-state index contributed by atoms with van der Waals surface area (Å²) in [6.07, 6.45) is 5.53. The lowest BCUT2D eigenvalue weighted by molar-refractivity contribution is -0.157. The van der Waals surface area contributed by atoms with Gasteiger partial charge in [-0.05, 0) is 18.8 Å². The number of fused-ring (bicyclic) bond motifs is 2. The van der Waals surface area contributed by atoms with Crippen LogP contribution < -0.4 is 0 Å². The molecule has 0 bridgehead atoms. The standard InChI is InChI=1S/C28H39ClO8/c1-15-12-19(31)18-14-27(10-11-35-16(2)30,17-8-6-5-7-9-17)37-26(18)28(15)25(32)22-20(33-3)13-21(34-4)23(29)24(22)36-28/h15,17,20-24H,5-14H2,1-4H3/t15-,20?,21?,22?,23?,24?,27-,28-/m1/s1. The van der Waals surface area contributed by atoms with E-state index in [1.54, 1.807) is 14.2 Å². The first-order valence-corrected chi connectivity index (χ1v) is 14.1. The van der Waals surface area contributed by atoms with Crippen molar-refractivity contribution in [2.75, 3.05) is 20.8 Å². The Kier molecular flexibility index (Phi) is 7.51. The Balaban J connectivity index is 1.54. The average Bonchev–Trinajstić information content (AvgIpc) is 3.43. The molecule has 2 saturated carbocycles. The summed E-state index contributed by atoms with van der Waals surface area (Å²) < 4.78 is 30.3. The van der Waals surface area contributed by atoms with E-state index in [4.69, 9.17) is 35.3 Å². The van der Waals surface area contributed by atoms with Gasteiger partial charge in [-0.3, -0.25) is 14.4 Å². The molecule has 5 rings (SSSR count). The van der Waals surface area contributed by atoms with Crippen LogP contribution in [0.1, 0.15) is 71.6 Å². The maximum Gasteiger partial charge on any atom is 0.302 e. The predicted octanol–water partition coefficient (Wildman–Crippen LogP) is 3.91. The van der Waals surface area contributed by atoms with Gasteiger partial charge in [0.05, 0.1) is 36.2 Å². The van der Waals surface area contributed by atoms with Gasteiger partial charge in [-0.15, -0.1) is 11.6 Å². The van der Waals surface area contributed by atoms with Crippen molar-refractivity contribution in [3.63, 3.8) is 0 Å². The Bertz CT molecular complexity index is 973. The van der Waals surface area contributed by atoms with Crippen LogP contribution in [-0.2, 0) is 38.1 Å². The van der Waals surface area contributed by atoms with E-state index in [2.05, 4.69) is 0 Å². The molecule has 5 unspecified atom stereocenters. The Labute approximate surface area is 223 Å². The SMILES string of the molecule is COC1CC(OC)C2C(=O)[C@@]3(OC2C1Cl)C1=C(C[C@](CCOC(C)=O)(C2CCCCC2)O1)C(=O)C[C@H]3C. The molecule has 8 atom stereocenters. The van der Waals surface area contributed by atoms with Gasteiger partial charge >= 0.3 is 5.97 Å². The molecule has 3 fully saturated rings. The minimum absolute atomic E-state index is 0.00468. The van der Waals surface area contributed by atoms with Gasteiger partial charge in [0, 0.05) is 58.3 Å². The topological polar surface area (TPSA) is 97.4 Å². The number of esters is 1. The van der Waals surface area contributed by atoms with Gasteiger partial charge in [0.1, 0.15) is 11.4 Å². The van der Waals surface area contributed by atoms with E-state index in [0.29, 0.717) is 30.6 Å². The van der Waals surface area contributed by atoms with Gasteiger partial charge in [0.2, 0.25) is 0 Å². The zero-order valence-electron chi connectivity index (χ0n) is 22.3. The van der Waals surface area contributed by atoms with E-state index in [0.717, 1.165) is 25.7 Å². The summed E-state index contributed by atoms with van der Waals surface area (Å²) in [5, 5.41) is -0.535. The summed E-state index contributed by atoms with van der Waals surface area (Å²) in [7, 11) is 3.19. The minimum atomic E-state index is -1.39. The molecule has 0 radical (unpaired) electrons. The molecule has 0 amide bonds. The van der Waals surface area contributed by atoms with Crippen molar-refractivity contribution in [1.82, 2.24) is 0 Å². The number of hydrogen-bond acceptors (Lipinski definition) is 8. The van der Waals surface area contributed by atoms with Crippen molar-refractivity contribution in [3.05, 3.63) is 11.3 Å². The van der Waals surface area contributed by atoms with Crippen molar-refractivity contribution in [3.8, 4) is 0 Å². The summed E-state index contributed by atoms with van der Waals surface area (Å²) in [5.41, 5.74) is -1.54. The van der Waals surface area contributed by atoms with Crippen LogP contribution in [0.15, 0.2) is 11.3 Å². The molecule has 1 spiro atoms. The first-order valence-electron chi connectivity index (χ1n) is 13.7. The molecular weight excluding hydrogens is 500 g/mol. The summed E-state index contributed by atoms with van der Waals surface area (Å²) in [6, 6.07) is 0. The number of alkyl halides is 1. The fraction of sp³-hybridized carbons (Fsp3) is 0.821. The lowest BCUT2D eigenvalue weighted by Gasteiger charge is -2.42. The Morgan fingerprint density at radius 3 is 2.46 bits per heavy atom. The van der Waals surface area contributed by atoms with E-state index in [1.165, 1.54) is 13.3 Å². The Hall–Kier alpha value is -1.48. The zero-order chi connectivity index (χ0) is 26.5. The van der Waals surface area contributed by atoms with E-state index in [1.807, 2.05) is 6.92 Å². The number of carbonyl (C=O) groups is 3. The number of ether oxygens (including phenoxy) is 5. The van der Waals surface area contributed by atoms with Crippen LogP contribution >= 0.6 is 11.6 Å². The molecule has 0 aromatic heterocycles. The van der Waals surface area contributed by atoms with Gasteiger partial charge in [-0.2, -0.15) is 0 Å². The largest absolute Gasteiger partial charge is 0.487 e. The highest BCUT2D eigenvalue weighted by Crippen LogP contribution is 2.58. The van der Waals surface area contributed by atoms with E-state index in [9.17, 15) is 14.4 Å². The third-order valence-electron chi connectivity index (χ3n) is 9.58. The molecule has 9 heteroatoms. The van der Waals surface area contributed by atoms with Crippen molar-refractivity contribution in [1.29, 1.82) is 0 Å². The van der Waals surface area contributed by atoms with Crippen LogP contribution in [0.3, 0.4) is 0 Å². The minimum Gasteiger partial charge on any atom is -0.487 e. The summed E-state index contributed by atoms with van der Waals surface area (Å²) in [4.78, 5) is 39.3. The smallest absolute Gasteiger partial charge is 0.302 e. The molecule has 2 aliphatic heterocycles. The molecule has 37 heavy (non-hydrogen) atoms. The number of Topliss-reactive ketones (excluding diaryl/α,β-unsaturated/α-hetero) is 2. The van der Waals surface area contributed by atoms with E-state index in [-0.39, 0.29) is 42.6 Å². The predicted molar refractivity (Wildman–Crippen MR) is 134 cm³/mol. The van der Waals surface area contributed by atoms with Crippen LogP contribution in [0.25, 0.3) is 0 Å². The lowest BCUT2D eigenvalue weighted by atomic mass is 9.68. The quantitative estimate of drug-likeness (QED) is 0.371. The third kappa shape index (κ3) is 4.26. The normalized spacial score (nSPS) is 42.1. The molecule has 2 heterocycles. The average molecular weight is 539 g/mol. The second kappa shape index (κ2) is 10.2. The molecule has 0 N–H and O–H groups in total. The highest BCUT2D eigenvalue weighted by atomic mass is 35.5. The van der Waals surface area contributed by atoms with Gasteiger partial charge in [-0.1, -0.05) is 26.2 Å². The molecule has 1 saturated heterocycles. The van der Waals surface area contributed by atoms with Crippen molar-refractivity contribution in [2.45, 2.75) is 107 Å².